The molecule has 0 amide bonds. The Morgan fingerprint density at radius 2 is 2.10 bits per heavy atom. The molecule has 4 rings (SSSR count). The number of aromatic nitrogens is 2. The Morgan fingerprint density at radius 1 is 1.24 bits per heavy atom. The van der Waals surface area contributed by atoms with Crippen molar-refractivity contribution in [1.82, 2.24) is 9.55 Å². The molecular weight excluding hydrogens is 265 g/mol. The topological polar surface area (TPSA) is 29.9 Å². The van der Waals surface area contributed by atoms with Crippen LogP contribution in [0.4, 0.5) is 10.1 Å². The van der Waals surface area contributed by atoms with Gasteiger partial charge >= 0.3 is 0 Å². The number of aryl methyl sites for hydroxylation is 1. The first-order chi connectivity index (χ1) is 10.2. The van der Waals surface area contributed by atoms with Gasteiger partial charge in [-0.3, -0.25) is 0 Å². The number of nitrogens with one attached hydrogen (secondary N) is 1. The molecule has 3 aromatic rings. The van der Waals surface area contributed by atoms with E-state index in [2.05, 4.69) is 28.1 Å². The van der Waals surface area contributed by atoms with Crippen LogP contribution < -0.4 is 5.32 Å². The first kappa shape index (κ1) is 12.4. The summed E-state index contributed by atoms with van der Waals surface area (Å²) in [5.41, 5.74) is 4.14. The maximum Gasteiger partial charge on any atom is 0.125 e. The number of anilines is 1. The smallest absolute Gasteiger partial charge is 0.125 e. The molecule has 106 valence electrons. The van der Waals surface area contributed by atoms with Crippen LogP contribution in [0.1, 0.15) is 23.7 Å². The number of benzene rings is 2. The van der Waals surface area contributed by atoms with Gasteiger partial charge in [-0.15, -0.1) is 0 Å². The van der Waals surface area contributed by atoms with Gasteiger partial charge in [-0.25, -0.2) is 9.37 Å². The lowest BCUT2D eigenvalue weighted by Gasteiger charge is -2.26. The second kappa shape index (κ2) is 4.58. The highest BCUT2D eigenvalue weighted by molar-refractivity contribution is 5.76. The minimum absolute atomic E-state index is 0.238. The molecular formula is C17H16FN3. The summed E-state index contributed by atoms with van der Waals surface area (Å²) in [7, 11) is 2.01. The molecule has 1 aliphatic rings. The normalized spacial score (nSPS) is 17.5. The van der Waals surface area contributed by atoms with Gasteiger partial charge in [0.2, 0.25) is 0 Å². The maximum atomic E-state index is 13.4. The van der Waals surface area contributed by atoms with Crippen LogP contribution in [0.15, 0.2) is 42.5 Å². The maximum absolute atomic E-state index is 13.4. The van der Waals surface area contributed by atoms with Crippen LogP contribution in [0.25, 0.3) is 11.0 Å². The van der Waals surface area contributed by atoms with Gasteiger partial charge in [0.15, 0.2) is 0 Å². The van der Waals surface area contributed by atoms with Crippen LogP contribution in [-0.4, -0.2) is 16.1 Å². The van der Waals surface area contributed by atoms with Crippen molar-refractivity contribution in [3.63, 3.8) is 0 Å². The van der Waals surface area contributed by atoms with Crippen LogP contribution in [-0.2, 0) is 7.05 Å². The van der Waals surface area contributed by atoms with Crippen molar-refractivity contribution in [2.24, 2.45) is 7.05 Å². The highest BCUT2D eigenvalue weighted by Gasteiger charge is 2.25. The van der Waals surface area contributed by atoms with Crippen LogP contribution in [0, 0.1) is 5.82 Å². The quantitative estimate of drug-likeness (QED) is 0.737. The summed E-state index contributed by atoms with van der Waals surface area (Å²) in [5, 5.41) is 3.43. The molecule has 0 radical (unpaired) electrons. The number of fused-ring (bicyclic) bond motifs is 2. The van der Waals surface area contributed by atoms with Gasteiger partial charge in [0.05, 0.1) is 11.0 Å². The zero-order chi connectivity index (χ0) is 14.4. The van der Waals surface area contributed by atoms with Gasteiger partial charge in [-0.2, -0.15) is 0 Å². The van der Waals surface area contributed by atoms with E-state index in [9.17, 15) is 4.39 Å². The third-order valence-electron chi connectivity index (χ3n) is 4.27. The van der Waals surface area contributed by atoms with Crippen molar-refractivity contribution in [3.05, 3.63) is 59.7 Å². The summed E-state index contributed by atoms with van der Waals surface area (Å²) in [6.07, 6.45) is 0.997. The lowest BCUT2D eigenvalue weighted by molar-refractivity contribution is 0.629. The van der Waals surface area contributed by atoms with Crippen molar-refractivity contribution in [3.8, 4) is 0 Å². The first-order valence-corrected chi connectivity index (χ1v) is 7.19. The van der Waals surface area contributed by atoms with Gasteiger partial charge in [0, 0.05) is 31.3 Å². The van der Waals surface area contributed by atoms with Gasteiger partial charge in [-0.1, -0.05) is 18.2 Å². The van der Waals surface area contributed by atoms with Crippen molar-refractivity contribution in [2.45, 2.75) is 12.3 Å². The van der Waals surface area contributed by atoms with Crippen molar-refractivity contribution < 1.29 is 4.39 Å². The Morgan fingerprint density at radius 3 is 3.00 bits per heavy atom. The molecule has 1 atom stereocenters. The van der Waals surface area contributed by atoms with E-state index in [1.807, 2.05) is 13.1 Å². The van der Waals surface area contributed by atoms with Crippen molar-refractivity contribution in [1.29, 1.82) is 0 Å². The Kier molecular flexibility index (Phi) is 2.70. The SMILES string of the molecule is Cn1c(C2CCNc3ccccc32)nc2cc(F)ccc21. The molecule has 0 saturated carbocycles. The minimum atomic E-state index is -0.238. The van der Waals surface area contributed by atoms with Gasteiger partial charge in [-0.05, 0) is 30.2 Å². The van der Waals surface area contributed by atoms with E-state index in [4.69, 9.17) is 4.98 Å². The fourth-order valence-corrected chi connectivity index (χ4v) is 3.24. The second-order valence-electron chi connectivity index (χ2n) is 5.52. The number of imidazole rings is 1. The fourth-order valence-electron chi connectivity index (χ4n) is 3.24. The number of hydrogen-bond acceptors (Lipinski definition) is 2. The van der Waals surface area contributed by atoms with Crippen LogP contribution in [0.5, 0.6) is 0 Å². The summed E-state index contributed by atoms with van der Waals surface area (Å²) in [6, 6.07) is 13.1. The molecule has 2 heterocycles. The van der Waals surface area contributed by atoms with Crippen LogP contribution in [0.2, 0.25) is 0 Å². The Balaban J connectivity index is 1.90. The predicted octanol–water partition coefficient (Wildman–Crippen LogP) is 3.66. The predicted molar refractivity (Wildman–Crippen MR) is 82.1 cm³/mol. The van der Waals surface area contributed by atoms with Crippen molar-refractivity contribution >= 4 is 16.7 Å². The molecule has 3 nitrogen and oxygen atoms in total. The van der Waals surface area contributed by atoms with E-state index >= 15 is 0 Å². The molecule has 1 aliphatic heterocycles. The molecule has 21 heavy (non-hydrogen) atoms. The van der Waals surface area contributed by atoms with E-state index in [0.717, 1.165) is 29.8 Å². The summed E-state index contributed by atoms with van der Waals surface area (Å²) in [5.74, 6) is 1.02. The molecule has 4 heteroatoms. The van der Waals surface area contributed by atoms with E-state index in [1.165, 1.54) is 23.4 Å². The summed E-state index contributed by atoms with van der Waals surface area (Å²) >= 11 is 0. The summed E-state index contributed by atoms with van der Waals surface area (Å²) in [6.45, 7) is 0.930. The average Bonchev–Trinajstić information content (AvgIpc) is 2.83. The number of para-hydroxylation sites is 1. The molecule has 0 saturated heterocycles. The summed E-state index contributed by atoms with van der Waals surface area (Å²) < 4.78 is 15.5. The van der Waals surface area contributed by atoms with Gasteiger partial charge in [0.25, 0.3) is 0 Å². The monoisotopic (exact) mass is 281 g/mol. The Labute approximate surface area is 122 Å². The number of nitrogens with zero attached hydrogens (tertiary/aromatic N) is 2. The molecule has 0 bridgehead atoms. The fraction of sp³-hybridized carbons (Fsp3) is 0.235. The van der Waals surface area contributed by atoms with Crippen molar-refractivity contribution in [2.75, 3.05) is 11.9 Å². The lowest BCUT2D eigenvalue weighted by atomic mass is 9.90. The number of rotatable bonds is 1. The number of hydrogen-bond donors (Lipinski definition) is 1. The standard InChI is InChI=1S/C17H16FN3/c1-21-16-7-6-11(18)10-15(16)20-17(21)13-8-9-19-14-5-3-2-4-12(13)14/h2-7,10,13,19H,8-9H2,1H3. The number of halogens is 1. The Bertz CT molecular complexity index is 822. The molecule has 0 aliphatic carbocycles. The molecule has 0 spiro atoms. The lowest BCUT2D eigenvalue weighted by Crippen LogP contribution is -2.19. The molecule has 2 aromatic carbocycles. The molecule has 1 aromatic heterocycles. The summed E-state index contributed by atoms with van der Waals surface area (Å²) in [4.78, 5) is 4.69. The highest BCUT2D eigenvalue weighted by Crippen LogP contribution is 2.36. The van der Waals surface area contributed by atoms with Crippen LogP contribution >= 0.6 is 0 Å². The highest BCUT2D eigenvalue weighted by atomic mass is 19.1. The molecule has 1 unspecified atom stereocenters. The third-order valence-corrected chi connectivity index (χ3v) is 4.27. The van der Waals surface area contributed by atoms with E-state index in [0.29, 0.717) is 0 Å². The van der Waals surface area contributed by atoms with Gasteiger partial charge in [0.1, 0.15) is 11.6 Å². The van der Waals surface area contributed by atoms with Gasteiger partial charge < -0.3 is 9.88 Å². The van der Waals surface area contributed by atoms with E-state index in [1.54, 1.807) is 6.07 Å². The third kappa shape index (κ3) is 1.90. The van der Waals surface area contributed by atoms with Crippen LogP contribution in [0.3, 0.4) is 0 Å². The second-order valence-corrected chi connectivity index (χ2v) is 5.52. The van der Waals surface area contributed by atoms with E-state index < -0.39 is 0 Å². The molecule has 0 fully saturated rings. The first-order valence-electron chi connectivity index (χ1n) is 7.19. The zero-order valence-corrected chi connectivity index (χ0v) is 11.8. The average molecular weight is 281 g/mol. The Hall–Kier alpha value is -2.36. The minimum Gasteiger partial charge on any atom is -0.385 e. The molecule has 1 N–H and O–H groups in total. The zero-order valence-electron chi connectivity index (χ0n) is 11.8. The van der Waals surface area contributed by atoms with E-state index in [-0.39, 0.29) is 11.7 Å². The largest absolute Gasteiger partial charge is 0.385 e.